The van der Waals surface area contributed by atoms with Gasteiger partial charge in [-0.25, -0.2) is 0 Å². The fourth-order valence-corrected chi connectivity index (χ4v) is 2.10. The molecule has 1 N–H and O–H groups in total. The van der Waals surface area contributed by atoms with Crippen LogP contribution in [0.15, 0.2) is 61.2 Å². The zero-order chi connectivity index (χ0) is 14.2. The Kier molecular flexibility index (Phi) is 5.54. The van der Waals surface area contributed by atoms with E-state index in [1.807, 2.05) is 42.5 Å². The fraction of sp³-hybridized carbons (Fsp3) is 0.222. The van der Waals surface area contributed by atoms with Crippen LogP contribution in [-0.2, 0) is 18.0 Å². The second-order valence-electron chi connectivity index (χ2n) is 4.71. The number of aliphatic hydroxyl groups is 1. The van der Waals surface area contributed by atoms with Crippen LogP contribution in [0.5, 0.6) is 0 Å². The van der Waals surface area contributed by atoms with Gasteiger partial charge in [-0.2, -0.15) is 0 Å². The van der Waals surface area contributed by atoms with Gasteiger partial charge in [-0.05, 0) is 28.7 Å². The van der Waals surface area contributed by atoms with Crippen LogP contribution in [0.3, 0.4) is 0 Å². The summed E-state index contributed by atoms with van der Waals surface area (Å²) in [6, 6.07) is 17.9. The van der Waals surface area contributed by atoms with Crippen LogP contribution in [-0.4, -0.2) is 11.7 Å². The van der Waals surface area contributed by atoms with Crippen LogP contribution in [0.4, 0.5) is 0 Å². The highest BCUT2D eigenvalue weighted by atomic mass is 16.5. The van der Waals surface area contributed by atoms with E-state index in [1.165, 1.54) is 5.56 Å². The summed E-state index contributed by atoms with van der Waals surface area (Å²) in [6.45, 7) is 5.38. The van der Waals surface area contributed by atoms with Crippen molar-refractivity contribution < 1.29 is 9.84 Å². The summed E-state index contributed by atoms with van der Waals surface area (Å²) < 4.78 is 5.66. The molecule has 20 heavy (non-hydrogen) atoms. The van der Waals surface area contributed by atoms with Gasteiger partial charge in [0.05, 0.1) is 19.8 Å². The molecule has 0 unspecified atom stereocenters. The van der Waals surface area contributed by atoms with E-state index in [4.69, 9.17) is 4.74 Å². The standard InChI is InChI=1S/C18H20O2/c1-15(18-10-6-5-9-17(18)13-19)11-12-20-14-16-7-3-2-4-8-16/h2-10,19H,1,11-14H2. The molecule has 2 nitrogen and oxygen atoms in total. The summed E-state index contributed by atoms with van der Waals surface area (Å²) in [7, 11) is 0. The van der Waals surface area contributed by atoms with E-state index in [9.17, 15) is 5.11 Å². The van der Waals surface area contributed by atoms with Gasteiger partial charge in [0, 0.05) is 0 Å². The predicted molar refractivity (Wildman–Crippen MR) is 82.1 cm³/mol. The highest BCUT2D eigenvalue weighted by Gasteiger charge is 2.04. The van der Waals surface area contributed by atoms with Crippen molar-refractivity contribution in [2.24, 2.45) is 0 Å². The molecule has 0 bridgehead atoms. The first-order chi connectivity index (χ1) is 9.81. The van der Waals surface area contributed by atoms with Crippen molar-refractivity contribution in [1.29, 1.82) is 0 Å². The van der Waals surface area contributed by atoms with Gasteiger partial charge >= 0.3 is 0 Å². The number of hydrogen-bond donors (Lipinski definition) is 1. The van der Waals surface area contributed by atoms with Crippen molar-refractivity contribution in [3.8, 4) is 0 Å². The molecule has 0 atom stereocenters. The summed E-state index contributed by atoms with van der Waals surface area (Å²) in [5.41, 5.74) is 4.12. The zero-order valence-corrected chi connectivity index (χ0v) is 11.6. The molecule has 2 aromatic rings. The molecule has 0 saturated heterocycles. The van der Waals surface area contributed by atoms with Gasteiger partial charge in [0.2, 0.25) is 0 Å². The lowest BCUT2D eigenvalue weighted by molar-refractivity contribution is 0.126. The Labute approximate surface area is 120 Å². The molecule has 0 heterocycles. The van der Waals surface area contributed by atoms with Crippen molar-refractivity contribution in [3.63, 3.8) is 0 Å². The largest absolute Gasteiger partial charge is 0.392 e. The summed E-state index contributed by atoms with van der Waals surface area (Å²) >= 11 is 0. The third kappa shape index (κ3) is 4.05. The molecule has 104 valence electrons. The van der Waals surface area contributed by atoms with Crippen LogP contribution >= 0.6 is 0 Å². The quantitative estimate of drug-likeness (QED) is 0.774. The molecule has 0 saturated carbocycles. The highest BCUT2D eigenvalue weighted by molar-refractivity contribution is 5.66. The average molecular weight is 268 g/mol. The first kappa shape index (κ1) is 14.5. The van der Waals surface area contributed by atoms with Crippen LogP contribution in [0, 0.1) is 0 Å². The van der Waals surface area contributed by atoms with Crippen LogP contribution in [0.2, 0.25) is 0 Å². The third-order valence-corrected chi connectivity index (χ3v) is 3.23. The van der Waals surface area contributed by atoms with Gasteiger partial charge < -0.3 is 9.84 Å². The van der Waals surface area contributed by atoms with E-state index >= 15 is 0 Å². The fourth-order valence-electron chi connectivity index (χ4n) is 2.10. The van der Waals surface area contributed by atoms with Crippen molar-refractivity contribution in [1.82, 2.24) is 0 Å². The molecule has 0 aliphatic carbocycles. The maximum Gasteiger partial charge on any atom is 0.0717 e. The van der Waals surface area contributed by atoms with Crippen LogP contribution in [0.1, 0.15) is 23.1 Å². The Balaban J connectivity index is 1.81. The number of aliphatic hydroxyl groups excluding tert-OH is 1. The van der Waals surface area contributed by atoms with Gasteiger partial charge in [-0.15, -0.1) is 0 Å². The Morgan fingerprint density at radius 2 is 1.70 bits per heavy atom. The number of rotatable bonds is 7. The molecule has 0 aliphatic heterocycles. The van der Waals surface area contributed by atoms with Crippen molar-refractivity contribution >= 4 is 5.57 Å². The summed E-state index contributed by atoms with van der Waals surface area (Å²) in [4.78, 5) is 0. The Bertz CT molecular complexity index is 546. The number of ether oxygens (including phenoxy) is 1. The van der Waals surface area contributed by atoms with E-state index in [2.05, 4.69) is 18.7 Å². The van der Waals surface area contributed by atoms with Gasteiger partial charge in [0.1, 0.15) is 0 Å². The van der Waals surface area contributed by atoms with Crippen LogP contribution < -0.4 is 0 Å². The minimum atomic E-state index is 0.0417. The van der Waals surface area contributed by atoms with E-state index < -0.39 is 0 Å². The smallest absolute Gasteiger partial charge is 0.0717 e. The SMILES string of the molecule is C=C(CCOCc1ccccc1)c1ccccc1CO. The maximum absolute atomic E-state index is 9.32. The Morgan fingerprint density at radius 1 is 1.00 bits per heavy atom. The molecule has 0 aromatic heterocycles. The van der Waals surface area contributed by atoms with E-state index in [-0.39, 0.29) is 6.61 Å². The zero-order valence-electron chi connectivity index (χ0n) is 11.6. The topological polar surface area (TPSA) is 29.5 Å². The molecular formula is C18H20O2. The number of benzene rings is 2. The van der Waals surface area contributed by atoms with E-state index in [1.54, 1.807) is 0 Å². The minimum absolute atomic E-state index is 0.0417. The molecule has 0 radical (unpaired) electrons. The normalized spacial score (nSPS) is 10.4. The second-order valence-corrected chi connectivity index (χ2v) is 4.71. The van der Waals surface area contributed by atoms with Crippen molar-refractivity contribution in [2.45, 2.75) is 19.6 Å². The highest BCUT2D eigenvalue weighted by Crippen LogP contribution is 2.20. The molecule has 0 spiro atoms. The third-order valence-electron chi connectivity index (χ3n) is 3.23. The lowest BCUT2D eigenvalue weighted by Gasteiger charge is -2.11. The minimum Gasteiger partial charge on any atom is -0.392 e. The van der Waals surface area contributed by atoms with Crippen LogP contribution in [0.25, 0.3) is 5.57 Å². The molecule has 2 heteroatoms. The molecule has 2 aromatic carbocycles. The van der Waals surface area contributed by atoms with E-state index in [0.717, 1.165) is 23.1 Å². The number of hydrogen-bond acceptors (Lipinski definition) is 2. The van der Waals surface area contributed by atoms with Crippen molar-refractivity contribution in [2.75, 3.05) is 6.61 Å². The van der Waals surface area contributed by atoms with E-state index in [0.29, 0.717) is 13.2 Å². The summed E-state index contributed by atoms with van der Waals surface area (Å²) in [6.07, 6.45) is 0.768. The lowest BCUT2D eigenvalue weighted by atomic mass is 9.99. The molecule has 0 aliphatic rings. The second kappa shape index (κ2) is 7.63. The molecular weight excluding hydrogens is 248 g/mol. The monoisotopic (exact) mass is 268 g/mol. The van der Waals surface area contributed by atoms with Gasteiger partial charge in [-0.3, -0.25) is 0 Å². The predicted octanol–water partition coefficient (Wildman–Crippen LogP) is 3.80. The first-order valence-electron chi connectivity index (χ1n) is 6.80. The summed E-state index contributed by atoms with van der Waals surface area (Å²) in [5, 5.41) is 9.32. The van der Waals surface area contributed by atoms with Gasteiger partial charge in [-0.1, -0.05) is 61.2 Å². The molecule has 2 rings (SSSR count). The Hall–Kier alpha value is -1.90. The van der Waals surface area contributed by atoms with Gasteiger partial charge in [0.15, 0.2) is 0 Å². The maximum atomic E-state index is 9.32. The summed E-state index contributed by atoms with van der Waals surface area (Å²) in [5.74, 6) is 0. The molecule has 0 fully saturated rings. The average Bonchev–Trinajstić information content (AvgIpc) is 2.52. The van der Waals surface area contributed by atoms with Gasteiger partial charge in [0.25, 0.3) is 0 Å². The first-order valence-corrected chi connectivity index (χ1v) is 6.80. The Morgan fingerprint density at radius 3 is 2.45 bits per heavy atom. The lowest BCUT2D eigenvalue weighted by Crippen LogP contribution is -1.98. The molecule has 0 amide bonds. The van der Waals surface area contributed by atoms with Crippen molar-refractivity contribution in [3.05, 3.63) is 77.9 Å².